The lowest BCUT2D eigenvalue weighted by atomic mass is 10.1. The predicted molar refractivity (Wildman–Crippen MR) is 86.9 cm³/mol. The summed E-state index contributed by atoms with van der Waals surface area (Å²) in [6.07, 6.45) is 4.73. The fourth-order valence-electron chi connectivity index (χ4n) is 3.15. The maximum atomic E-state index is 4.72. The molecule has 0 saturated carbocycles. The summed E-state index contributed by atoms with van der Waals surface area (Å²) in [5.74, 6) is 0.923. The molecule has 3 aromatic heterocycles. The minimum Gasteiger partial charge on any atom is -0.326 e. The molecule has 3 aromatic rings. The molecule has 1 aliphatic heterocycles. The highest BCUT2D eigenvalue weighted by Gasteiger charge is 2.18. The molecule has 1 aliphatic rings. The third kappa shape index (κ3) is 2.68. The van der Waals surface area contributed by atoms with Gasteiger partial charge in [-0.2, -0.15) is 10.2 Å². The number of nitrogens with zero attached hydrogens (tertiary/aromatic N) is 5. The van der Waals surface area contributed by atoms with Crippen LogP contribution in [0.15, 0.2) is 24.5 Å². The Bertz CT molecular complexity index is 787. The van der Waals surface area contributed by atoms with E-state index in [1.54, 1.807) is 0 Å². The van der Waals surface area contributed by atoms with Crippen LogP contribution in [0, 0.1) is 6.92 Å². The Morgan fingerprint density at radius 2 is 2.26 bits per heavy atom. The average molecular weight is 311 g/mol. The normalized spacial score (nSPS) is 15.6. The first-order valence-corrected chi connectivity index (χ1v) is 8.02. The van der Waals surface area contributed by atoms with Gasteiger partial charge in [-0.3, -0.25) is 9.78 Å². The van der Waals surface area contributed by atoms with Crippen LogP contribution in [0.5, 0.6) is 0 Å². The van der Waals surface area contributed by atoms with E-state index in [4.69, 9.17) is 5.10 Å². The van der Waals surface area contributed by atoms with Crippen LogP contribution in [-0.2, 0) is 19.5 Å². The Labute approximate surface area is 134 Å². The first kappa shape index (κ1) is 14.2. The zero-order valence-electron chi connectivity index (χ0n) is 13.5. The van der Waals surface area contributed by atoms with E-state index in [-0.39, 0.29) is 6.04 Å². The number of aromatic nitrogens is 6. The van der Waals surface area contributed by atoms with Gasteiger partial charge >= 0.3 is 0 Å². The summed E-state index contributed by atoms with van der Waals surface area (Å²) in [7, 11) is 0. The number of H-pyrrole nitrogens is 1. The summed E-state index contributed by atoms with van der Waals surface area (Å²) in [5, 5.41) is 15.4. The van der Waals surface area contributed by atoms with E-state index < -0.39 is 0 Å². The molecule has 0 amide bonds. The Hall–Kier alpha value is -2.41. The molecule has 7 nitrogen and oxygen atoms in total. The van der Waals surface area contributed by atoms with Crippen molar-refractivity contribution in [2.45, 2.75) is 39.4 Å². The molecule has 7 heteroatoms. The number of nitrogens with one attached hydrogen (secondary N) is 2. The van der Waals surface area contributed by atoms with Crippen molar-refractivity contribution in [3.8, 4) is 11.5 Å². The highest BCUT2D eigenvalue weighted by atomic mass is 15.3. The van der Waals surface area contributed by atoms with Crippen molar-refractivity contribution in [1.29, 1.82) is 0 Å². The van der Waals surface area contributed by atoms with E-state index in [9.17, 15) is 0 Å². The van der Waals surface area contributed by atoms with Gasteiger partial charge in [0.1, 0.15) is 5.69 Å². The summed E-state index contributed by atoms with van der Waals surface area (Å²) < 4.78 is 4.26. The fourth-order valence-corrected chi connectivity index (χ4v) is 3.15. The molecule has 1 unspecified atom stereocenters. The maximum absolute atomic E-state index is 4.72. The molecule has 0 spiro atoms. The summed E-state index contributed by atoms with van der Waals surface area (Å²) in [5.41, 5.74) is 4.32. The van der Waals surface area contributed by atoms with Gasteiger partial charge in [0.25, 0.3) is 0 Å². The van der Waals surface area contributed by atoms with Crippen molar-refractivity contribution in [2.75, 3.05) is 6.54 Å². The van der Waals surface area contributed by atoms with Crippen molar-refractivity contribution in [1.82, 2.24) is 34.8 Å². The minimum atomic E-state index is 0.270. The lowest BCUT2D eigenvalue weighted by Crippen LogP contribution is -2.28. The van der Waals surface area contributed by atoms with E-state index in [1.807, 2.05) is 19.3 Å². The third-order valence-electron chi connectivity index (χ3n) is 4.31. The van der Waals surface area contributed by atoms with Gasteiger partial charge in [0.05, 0.1) is 17.9 Å². The molecule has 23 heavy (non-hydrogen) atoms. The predicted octanol–water partition coefficient (Wildman–Crippen LogP) is 1.69. The topological polar surface area (TPSA) is 76.3 Å². The van der Waals surface area contributed by atoms with Gasteiger partial charge in [0.2, 0.25) is 0 Å². The Morgan fingerprint density at radius 3 is 3.04 bits per heavy atom. The number of aryl methyl sites for hydroxylation is 1. The van der Waals surface area contributed by atoms with E-state index >= 15 is 0 Å². The number of fused-ring (bicyclic) bond motifs is 1. The minimum absolute atomic E-state index is 0.270. The average Bonchev–Trinajstić information content (AvgIpc) is 3.24. The van der Waals surface area contributed by atoms with Gasteiger partial charge in [-0.05, 0) is 26.0 Å². The van der Waals surface area contributed by atoms with Crippen LogP contribution in [0.25, 0.3) is 11.5 Å². The van der Waals surface area contributed by atoms with Crippen molar-refractivity contribution in [3.63, 3.8) is 0 Å². The summed E-state index contributed by atoms with van der Waals surface area (Å²) in [6, 6.07) is 4.50. The summed E-state index contributed by atoms with van der Waals surface area (Å²) in [4.78, 5) is 4.54. The standard InChI is InChI=1S/C16H21N7/c1-11-7-13(20-19-11)8-12(2)22-5-4-18-16(22)15-9-14-10-17-3-6-23(14)21-15/h4-5,7,9,12,17H,3,6,8,10H2,1-2H3,(H,19,20). The zero-order chi connectivity index (χ0) is 15.8. The quantitative estimate of drug-likeness (QED) is 0.769. The Kier molecular flexibility index (Phi) is 3.49. The number of hydrogen-bond acceptors (Lipinski definition) is 4. The molecule has 120 valence electrons. The molecular weight excluding hydrogens is 290 g/mol. The van der Waals surface area contributed by atoms with Gasteiger partial charge in [-0.25, -0.2) is 4.98 Å². The lowest BCUT2D eigenvalue weighted by Gasteiger charge is -2.14. The second kappa shape index (κ2) is 5.66. The van der Waals surface area contributed by atoms with Crippen molar-refractivity contribution in [2.24, 2.45) is 0 Å². The van der Waals surface area contributed by atoms with E-state index in [1.165, 1.54) is 5.69 Å². The van der Waals surface area contributed by atoms with Crippen LogP contribution in [-0.4, -0.2) is 36.1 Å². The molecule has 0 fully saturated rings. The van der Waals surface area contributed by atoms with E-state index in [2.05, 4.69) is 48.8 Å². The van der Waals surface area contributed by atoms with Gasteiger partial charge < -0.3 is 9.88 Å². The van der Waals surface area contributed by atoms with Crippen molar-refractivity contribution < 1.29 is 0 Å². The van der Waals surface area contributed by atoms with Gasteiger partial charge in [-0.1, -0.05) is 0 Å². The second-order valence-electron chi connectivity index (χ2n) is 6.17. The van der Waals surface area contributed by atoms with Crippen molar-refractivity contribution in [3.05, 3.63) is 41.6 Å². The van der Waals surface area contributed by atoms with Gasteiger partial charge in [0.15, 0.2) is 5.82 Å². The molecule has 1 atom stereocenters. The summed E-state index contributed by atoms with van der Waals surface area (Å²) in [6.45, 7) is 6.96. The number of imidazole rings is 1. The first-order chi connectivity index (χ1) is 11.2. The number of rotatable bonds is 4. The molecule has 0 bridgehead atoms. The largest absolute Gasteiger partial charge is 0.326 e. The van der Waals surface area contributed by atoms with Crippen LogP contribution in [0.4, 0.5) is 0 Å². The van der Waals surface area contributed by atoms with Crippen LogP contribution in [0.1, 0.15) is 30.0 Å². The second-order valence-corrected chi connectivity index (χ2v) is 6.17. The molecule has 4 rings (SSSR count). The molecular formula is C16H21N7. The maximum Gasteiger partial charge on any atom is 0.160 e. The van der Waals surface area contributed by atoms with Crippen LogP contribution < -0.4 is 5.32 Å². The highest BCUT2D eigenvalue weighted by Crippen LogP contribution is 2.23. The molecule has 4 heterocycles. The number of hydrogen-bond donors (Lipinski definition) is 2. The SMILES string of the molecule is Cc1cc(CC(C)n2ccnc2-c2cc3n(n2)CCNC3)n[nH]1. The van der Waals surface area contributed by atoms with E-state index in [0.29, 0.717) is 0 Å². The Balaban J connectivity index is 1.61. The molecule has 0 saturated heterocycles. The molecule has 0 aliphatic carbocycles. The van der Waals surface area contributed by atoms with Gasteiger partial charge in [0, 0.05) is 43.6 Å². The molecule has 2 N–H and O–H groups in total. The summed E-state index contributed by atoms with van der Waals surface area (Å²) >= 11 is 0. The molecule has 0 aromatic carbocycles. The van der Waals surface area contributed by atoms with E-state index in [0.717, 1.165) is 49.0 Å². The first-order valence-electron chi connectivity index (χ1n) is 8.02. The fraction of sp³-hybridized carbons (Fsp3) is 0.438. The van der Waals surface area contributed by atoms with Crippen LogP contribution >= 0.6 is 0 Å². The lowest BCUT2D eigenvalue weighted by molar-refractivity contribution is 0.475. The zero-order valence-corrected chi connectivity index (χ0v) is 13.5. The van der Waals surface area contributed by atoms with Crippen molar-refractivity contribution >= 4 is 0 Å². The third-order valence-corrected chi connectivity index (χ3v) is 4.31. The van der Waals surface area contributed by atoms with Crippen LogP contribution in [0.2, 0.25) is 0 Å². The number of aromatic amines is 1. The van der Waals surface area contributed by atoms with Crippen LogP contribution in [0.3, 0.4) is 0 Å². The smallest absolute Gasteiger partial charge is 0.160 e. The monoisotopic (exact) mass is 311 g/mol. The van der Waals surface area contributed by atoms with Gasteiger partial charge in [-0.15, -0.1) is 0 Å². The highest BCUT2D eigenvalue weighted by molar-refractivity contribution is 5.50. The Morgan fingerprint density at radius 1 is 1.35 bits per heavy atom. The molecule has 0 radical (unpaired) electrons.